The summed E-state index contributed by atoms with van der Waals surface area (Å²) in [5, 5.41) is 17.9. The quantitative estimate of drug-likeness (QED) is 0.833. The summed E-state index contributed by atoms with van der Waals surface area (Å²) in [6.45, 7) is 0.443. The van der Waals surface area contributed by atoms with Gasteiger partial charge < -0.3 is 15.2 Å². The number of rotatable bonds is 6. The number of hydrogen-bond acceptors (Lipinski definition) is 4. The monoisotopic (exact) mass is 355 g/mol. The van der Waals surface area contributed by atoms with Crippen molar-refractivity contribution in [1.29, 1.82) is 0 Å². The Bertz CT molecular complexity index is 770. The molecule has 6 nitrogen and oxygen atoms in total. The second-order valence-electron chi connectivity index (χ2n) is 7.36. The number of ether oxygens (including phenoxy) is 1. The molecular formula is C20H25N3O3. The van der Waals surface area contributed by atoms with E-state index in [4.69, 9.17) is 4.74 Å². The van der Waals surface area contributed by atoms with E-state index in [1.807, 2.05) is 36.4 Å². The molecular weight excluding hydrogens is 330 g/mol. The molecule has 4 rings (SSSR count). The number of aliphatic hydroxyl groups excluding tert-OH is 1. The average Bonchev–Trinajstić information content (AvgIpc) is 3.35. The van der Waals surface area contributed by atoms with E-state index in [9.17, 15) is 9.90 Å². The molecule has 0 saturated heterocycles. The third kappa shape index (κ3) is 3.60. The zero-order valence-electron chi connectivity index (χ0n) is 15.0. The molecule has 2 saturated carbocycles. The number of aryl methyl sites for hydroxylation is 1. The summed E-state index contributed by atoms with van der Waals surface area (Å²) in [7, 11) is 1.80. The number of benzene rings is 1. The number of hydrogen-bond donors (Lipinski definition) is 2. The summed E-state index contributed by atoms with van der Waals surface area (Å²) >= 11 is 0. The third-order valence-corrected chi connectivity index (χ3v) is 5.37. The minimum atomic E-state index is -0.580. The number of carbonyl (C=O) groups is 1. The zero-order chi connectivity index (χ0) is 18.1. The van der Waals surface area contributed by atoms with Crippen LogP contribution in [-0.4, -0.2) is 39.5 Å². The maximum absolute atomic E-state index is 12.5. The SMILES string of the molecule is Cn1nc(C2CC2)cc1C(=O)NC[C@H]1CC[C@@H](Oc2ccccc2)[C@@H]1O. The van der Waals surface area contributed by atoms with Crippen LogP contribution in [0, 0.1) is 5.92 Å². The highest BCUT2D eigenvalue weighted by molar-refractivity contribution is 5.92. The molecule has 3 atom stereocenters. The molecule has 0 aliphatic heterocycles. The van der Waals surface area contributed by atoms with Crippen molar-refractivity contribution in [3.8, 4) is 5.75 Å². The molecule has 1 aromatic carbocycles. The van der Waals surface area contributed by atoms with Gasteiger partial charge in [-0.3, -0.25) is 9.48 Å². The van der Waals surface area contributed by atoms with Gasteiger partial charge in [0.15, 0.2) is 0 Å². The van der Waals surface area contributed by atoms with E-state index in [0.29, 0.717) is 18.2 Å². The highest BCUT2D eigenvalue weighted by Gasteiger charge is 2.36. The van der Waals surface area contributed by atoms with E-state index in [2.05, 4.69) is 10.4 Å². The minimum absolute atomic E-state index is 0.00351. The molecule has 2 N–H and O–H groups in total. The standard InChI is InChI=1S/C20H25N3O3/c1-23-17(11-16(22-23)13-7-8-13)20(25)21-12-14-9-10-18(19(14)24)26-15-5-3-2-4-6-15/h2-6,11,13-14,18-19,24H,7-10,12H2,1H3,(H,21,25)/t14-,18-,19-/m1/s1. The van der Waals surface area contributed by atoms with Crippen molar-refractivity contribution in [3.05, 3.63) is 47.8 Å². The van der Waals surface area contributed by atoms with Crippen LogP contribution in [0.1, 0.15) is 47.8 Å². The van der Waals surface area contributed by atoms with Gasteiger partial charge in [-0.1, -0.05) is 18.2 Å². The fraction of sp³-hybridized carbons (Fsp3) is 0.500. The van der Waals surface area contributed by atoms with Crippen LogP contribution < -0.4 is 10.1 Å². The molecule has 1 heterocycles. The number of carbonyl (C=O) groups excluding carboxylic acids is 1. The van der Waals surface area contributed by atoms with Gasteiger partial charge in [0.05, 0.1) is 11.8 Å². The number of aromatic nitrogens is 2. The van der Waals surface area contributed by atoms with Crippen molar-refractivity contribution in [1.82, 2.24) is 15.1 Å². The molecule has 26 heavy (non-hydrogen) atoms. The van der Waals surface area contributed by atoms with E-state index in [0.717, 1.165) is 37.1 Å². The molecule has 2 aliphatic carbocycles. The molecule has 0 spiro atoms. The third-order valence-electron chi connectivity index (χ3n) is 5.37. The Balaban J connectivity index is 1.31. The highest BCUT2D eigenvalue weighted by atomic mass is 16.5. The van der Waals surface area contributed by atoms with Crippen molar-refractivity contribution in [2.75, 3.05) is 6.54 Å². The second-order valence-corrected chi connectivity index (χ2v) is 7.36. The van der Waals surface area contributed by atoms with Gasteiger partial charge in [-0.05, 0) is 43.9 Å². The Hall–Kier alpha value is -2.34. The molecule has 0 radical (unpaired) electrons. The van der Waals surface area contributed by atoms with Crippen molar-refractivity contribution >= 4 is 5.91 Å². The number of nitrogens with zero attached hydrogens (tertiary/aromatic N) is 2. The fourth-order valence-corrected chi connectivity index (χ4v) is 3.64. The maximum Gasteiger partial charge on any atom is 0.269 e. The number of amides is 1. The highest BCUT2D eigenvalue weighted by Crippen LogP contribution is 2.39. The molecule has 2 aromatic rings. The first-order valence-corrected chi connectivity index (χ1v) is 9.33. The van der Waals surface area contributed by atoms with Crippen LogP contribution in [0.4, 0.5) is 0 Å². The van der Waals surface area contributed by atoms with Crippen molar-refractivity contribution in [3.63, 3.8) is 0 Å². The molecule has 2 fully saturated rings. The first kappa shape index (κ1) is 17.1. The Morgan fingerprint density at radius 3 is 2.77 bits per heavy atom. The predicted molar refractivity (Wildman–Crippen MR) is 97.1 cm³/mol. The fourth-order valence-electron chi connectivity index (χ4n) is 3.64. The molecule has 1 aromatic heterocycles. The van der Waals surface area contributed by atoms with E-state index < -0.39 is 6.10 Å². The van der Waals surface area contributed by atoms with Crippen molar-refractivity contribution in [2.45, 2.75) is 43.8 Å². The minimum Gasteiger partial charge on any atom is -0.488 e. The molecule has 1 amide bonds. The Labute approximate surface area is 153 Å². The first-order valence-electron chi connectivity index (χ1n) is 9.33. The lowest BCUT2D eigenvalue weighted by Gasteiger charge is -2.21. The summed E-state index contributed by atoms with van der Waals surface area (Å²) in [5.41, 5.74) is 1.59. The molecule has 0 bridgehead atoms. The summed E-state index contributed by atoms with van der Waals surface area (Å²) < 4.78 is 7.54. The van der Waals surface area contributed by atoms with Crippen LogP contribution in [0.2, 0.25) is 0 Å². The average molecular weight is 355 g/mol. The number of para-hydroxylation sites is 1. The lowest BCUT2D eigenvalue weighted by atomic mass is 10.1. The number of nitrogens with one attached hydrogen (secondary N) is 1. The molecule has 138 valence electrons. The van der Waals surface area contributed by atoms with Crippen LogP contribution in [0.15, 0.2) is 36.4 Å². The number of aliphatic hydroxyl groups is 1. The van der Waals surface area contributed by atoms with Crippen LogP contribution in [-0.2, 0) is 7.05 Å². The molecule has 0 unspecified atom stereocenters. The summed E-state index contributed by atoms with van der Waals surface area (Å²) in [5.74, 6) is 1.16. The van der Waals surface area contributed by atoms with Gasteiger partial charge in [0, 0.05) is 25.4 Å². The lowest BCUT2D eigenvalue weighted by Crippen LogP contribution is -2.37. The largest absolute Gasteiger partial charge is 0.488 e. The summed E-state index contributed by atoms with van der Waals surface area (Å²) in [6, 6.07) is 11.4. The molecule has 6 heteroatoms. The summed E-state index contributed by atoms with van der Waals surface area (Å²) in [4.78, 5) is 12.5. The molecule has 2 aliphatic rings. The Morgan fingerprint density at radius 1 is 1.27 bits per heavy atom. The van der Waals surface area contributed by atoms with Crippen LogP contribution in [0.5, 0.6) is 5.75 Å². The van der Waals surface area contributed by atoms with Gasteiger partial charge in [0.2, 0.25) is 0 Å². The first-order chi connectivity index (χ1) is 12.6. The van der Waals surface area contributed by atoms with Gasteiger partial charge in [-0.2, -0.15) is 5.10 Å². The van der Waals surface area contributed by atoms with Crippen molar-refractivity contribution < 1.29 is 14.6 Å². The van der Waals surface area contributed by atoms with Gasteiger partial charge in [-0.15, -0.1) is 0 Å². The van der Waals surface area contributed by atoms with Gasteiger partial charge in [-0.25, -0.2) is 0 Å². The smallest absolute Gasteiger partial charge is 0.269 e. The van der Waals surface area contributed by atoms with E-state index in [1.165, 1.54) is 0 Å². The Morgan fingerprint density at radius 2 is 2.04 bits per heavy atom. The van der Waals surface area contributed by atoms with Crippen LogP contribution in [0.3, 0.4) is 0 Å². The normalized spacial score (nSPS) is 25.2. The lowest BCUT2D eigenvalue weighted by molar-refractivity contribution is 0.0348. The van der Waals surface area contributed by atoms with Crippen molar-refractivity contribution in [2.24, 2.45) is 13.0 Å². The maximum atomic E-state index is 12.5. The van der Waals surface area contributed by atoms with E-state index >= 15 is 0 Å². The second kappa shape index (κ2) is 7.11. The van der Waals surface area contributed by atoms with Crippen LogP contribution >= 0.6 is 0 Å². The predicted octanol–water partition coefficient (Wildman–Crippen LogP) is 2.25. The van der Waals surface area contributed by atoms with Gasteiger partial charge in [0.1, 0.15) is 17.5 Å². The zero-order valence-corrected chi connectivity index (χ0v) is 15.0. The van der Waals surface area contributed by atoms with E-state index in [-0.39, 0.29) is 17.9 Å². The summed E-state index contributed by atoms with van der Waals surface area (Å²) in [6.07, 6.45) is 3.14. The van der Waals surface area contributed by atoms with Crippen LogP contribution in [0.25, 0.3) is 0 Å². The topological polar surface area (TPSA) is 76.4 Å². The van der Waals surface area contributed by atoms with E-state index in [1.54, 1.807) is 11.7 Å². The Kier molecular flexibility index (Phi) is 4.68. The van der Waals surface area contributed by atoms with Gasteiger partial charge >= 0.3 is 0 Å². The van der Waals surface area contributed by atoms with Gasteiger partial charge in [0.25, 0.3) is 5.91 Å².